The average Bonchev–Trinajstić information content (AvgIpc) is 2.73. The third kappa shape index (κ3) is 5.61. The van der Waals surface area contributed by atoms with Crippen molar-refractivity contribution in [1.29, 1.82) is 5.26 Å². The highest BCUT2D eigenvalue weighted by atomic mass is 79.9. The summed E-state index contributed by atoms with van der Waals surface area (Å²) in [5, 5.41) is 13.8. The van der Waals surface area contributed by atoms with Crippen molar-refractivity contribution in [3.05, 3.63) is 97.4 Å². The lowest BCUT2D eigenvalue weighted by Gasteiger charge is -2.10. The zero-order chi connectivity index (χ0) is 21.5. The largest absolute Gasteiger partial charge is 0.488 e. The highest BCUT2D eigenvalue weighted by molar-refractivity contribution is 9.10. The first-order chi connectivity index (χ1) is 14.5. The number of halogens is 3. The topological polar surface area (TPSA) is 74.5 Å². The van der Waals surface area contributed by atoms with Crippen LogP contribution in [0.1, 0.15) is 27.0 Å². The van der Waals surface area contributed by atoms with Crippen molar-refractivity contribution in [1.82, 2.24) is 5.43 Å². The van der Waals surface area contributed by atoms with Crippen LogP contribution in [0, 0.1) is 11.3 Å². The SMILES string of the molecule is N#Cc1ccccc1COc1ccc(/C=N\NC(=O)c2ccc(Cl)cc2Cl)cc1Br. The lowest BCUT2D eigenvalue weighted by Crippen LogP contribution is -2.18. The van der Waals surface area contributed by atoms with Gasteiger partial charge in [-0.05, 0) is 64.0 Å². The maximum Gasteiger partial charge on any atom is 0.272 e. The number of rotatable bonds is 6. The number of ether oxygens (including phenoxy) is 1. The van der Waals surface area contributed by atoms with Gasteiger partial charge in [0.1, 0.15) is 12.4 Å². The van der Waals surface area contributed by atoms with Crippen molar-refractivity contribution in [2.24, 2.45) is 5.10 Å². The molecular formula is C22H14BrCl2N3O2. The number of hydrazone groups is 1. The van der Waals surface area contributed by atoms with E-state index in [1.54, 1.807) is 30.3 Å². The van der Waals surface area contributed by atoms with Gasteiger partial charge < -0.3 is 4.74 Å². The Morgan fingerprint density at radius 1 is 1.17 bits per heavy atom. The molecule has 5 nitrogen and oxygen atoms in total. The van der Waals surface area contributed by atoms with Gasteiger partial charge in [-0.25, -0.2) is 5.43 Å². The van der Waals surface area contributed by atoms with Crippen LogP contribution in [0.25, 0.3) is 0 Å². The molecule has 0 aliphatic carbocycles. The minimum Gasteiger partial charge on any atom is -0.488 e. The second-order valence-corrected chi connectivity index (χ2v) is 7.77. The van der Waals surface area contributed by atoms with Gasteiger partial charge in [-0.15, -0.1) is 0 Å². The lowest BCUT2D eigenvalue weighted by molar-refractivity contribution is 0.0955. The number of carbonyl (C=O) groups is 1. The van der Waals surface area contributed by atoms with Gasteiger partial charge in [0.05, 0.1) is 32.9 Å². The monoisotopic (exact) mass is 501 g/mol. The van der Waals surface area contributed by atoms with Gasteiger partial charge in [0.25, 0.3) is 5.91 Å². The fourth-order valence-electron chi connectivity index (χ4n) is 2.52. The summed E-state index contributed by atoms with van der Waals surface area (Å²) in [7, 11) is 0. The Morgan fingerprint density at radius 2 is 1.97 bits per heavy atom. The summed E-state index contributed by atoms with van der Waals surface area (Å²) < 4.78 is 6.52. The van der Waals surface area contributed by atoms with E-state index < -0.39 is 5.91 Å². The van der Waals surface area contributed by atoms with E-state index >= 15 is 0 Å². The van der Waals surface area contributed by atoms with Gasteiger partial charge in [-0.2, -0.15) is 10.4 Å². The van der Waals surface area contributed by atoms with Crippen molar-refractivity contribution in [3.8, 4) is 11.8 Å². The van der Waals surface area contributed by atoms with E-state index in [-0.39, 0.29) is 17.2 Å². The van der Waals surface area contributed by atoms with Crippen molar-refractivity contribution in [2.75, 3.05) is 0 Å². The highest BCUT2D eigenvalue weighted by Crippen LogP contribution is 2.27. The molecule has 30 heavy (non-hydrogen) atoms. The van der Waals surface area contributed by atoms with Crippen molar-refractivity contribution < 1.29 is 9.53 Å². The summed E-state index contributed by atoms with van der Waals surface area (Å²) in [6.45, 7) is 0.272. The number of carbonyl (C=O) groups excluding carboxylic acids is 1. The Kier molecular flexibility index (Phi) is 7.47. The third-order valence-corrected chi connectivity index (χ3v) is 5.20. The van der Waals surface area contributed by atoms with Crippen LogP contribution in [-0.4, -0.2) is 12.1 Å². The molecule has 0 heterocycles. The number of nitriles is 1. The standard InChI is InChI=1S/C22H14BrCl2N3O2/c23-19-9-14(12-27-28-22(29)18-7-6-17(24)10-20(18)25)5-8-21(19)30-13-16-4-2-1-3-15(16)11-26/h1-10,12H,13H2,(H,28,29)/b27-12-. The number of nitrogens with zero attached hydrogens (tertiary/aromatic N) is 2. The summed E-state index contributed by atoms with van der Waals surface area (Å²) in [6.07, 6.45) is 1.50. The predicted molar refractivity (Wildman–Crippen MR) is 121 cm³/mol. The molecule has 0 saturated heterocycles. The van der Waals surface area contributed by atoms with Crippen LogP contribution < -0.4 is 10.2 Å². The quantitative estimate of drug-likeness (QED) is 0.333. The van der Waals surface area contributed by atoms with Crippen LogP contribution in [0.5, 0.6) is 5.75 Å². The van der Waals surface area contributed by atoms with Crippen LogP contribution in [0.2, 0.25) is 10.0 Å². The Morgan fingerprint density at radius 3 is 2.70 bits per heavy atom. The number of amides is 1. The molecule has 0 radical (unpaired) electrons. The summed E-state index contributed by atoms with van der Waals surface area (Å²) in [5.74, 6) is 0.181. The molecule has 150 valence electrons. The molecule has 3 aromatic carbocycles. The lowest BCUT2D eigenvalue weighted by atomic mass is 10.1. The molecule has 0 saturated carbocycles. The Hall–Kier alpha value is -2.85. The summed E-state index contributed by atoms with van der Waals surface area (Å²) in [4.78, 5) is 12.2. The maximum atomic E-state index is 12.2. The first-order valence-electron chi connectivity index (χ1n) is 8.66. The summed E-state index contributed by atoms with van der Waals surface area (Å²) >= 11 is 15.3. The van der Waals surface area contributed by atoms with Crippen molar-refractivity contribution in [3.63, 3.8) is 0 Å². The van der Waals surface area contributed by atoms with Gasteiger partial charge in [0, 0.05) is 10.6 Å². The molecule has 0 atom stereocenters. The van der Waals surface area contributed by atoms with Crippen LogP contribution >= 0.6 is 39.1 Å². The highest BCUT2D eigenvalue weighted by Gasteiger charge is 2.10. The fraction of sp³-hybridized carbons (Fsp3) is 0.0455. The molecule has 0 unspecified atom stereocenters. The van der Waals surface area contributed by atoms with E-state index in [9.17, 15) is 4.79 Å². The number of hydrogen-bond donors (Lipinski definition) is 1. The van der Waals surface area contributed by atoms with Gasteiger partial charge >= 0.3 is 0 Å². The second kappa shape index (κ2) is 10.3. The smallest absolute Gasteiger partial charge is 0.272 e. The molecule has 0 bridgehead atoms. The van der Waals surface area contributed by atoms with E-state index in [4.69, 9.17) is 33.2 Å². The van der Waals surface area contributed by atoms with E-state index in [0.29, 0.717) is 20.8 Å². The van der Waals surface area contributed by atoms with Crippen molar-refractivity contribution in [2.45, 2.75) is 6.61 Å². The molecule has 1 amide bonds. The molecule has 0 aliphatic heterocycles. The molecule has 0 aromatic heterocycles. The van der Waals surface area contributed by atoms with Gasteiger partial charge in [0.2, 0.25) is 0 Å². The average molecular weight is 503 g/mol. The normalized spacial score (nSPS) is 10.6. The fourth-order valence-corrected chi connectivity index (χ4v) is 3.53. The third-order valence-electron chi connectivity index (χ3n) is 4.03. The second-order valence-electron chi connectivity index (χ2n) is 6.07. The number of nitrogens with one attached hydrogen (secondary N) is 1. The molecular weight excluding hydrogens is 489 g/mol. The zero-order valence-electron chi connectivity index (χ0n) is 15.4. The van der Waals surface area contributed by atoms with Crippen LogP contribution in [0.4, 0.5) is 0 Å². The zero-order valence-corrected chi connectivity index (χ0v) is 18.5. The van der Waals surface area contributed by atoms with Crippen LogP contribution in [0.3, 0.4) is 0 Å². The van der Waals surface area contributed by atoms with Gasteiger partial charge in [-0.1, -0.05) is 41.4 Å². The van der Waals surface area contributed by atoms with Gasteiger partial charge in [-0.3, -0.25) is 4.79 Å². The Balaban J connectivity index is 1.62. The van der Waals surface area contributed by atoms with E-state index in [1.807, 2.05) is 18.2 Å². The Bertz CT molecular complexity index is 1160. The number of hydrogen-bond acceptors (Lipinski definition) is 4. The van der Waals surface area contributed by atoms with Gasteiger partial charge in [0.15, 0.2) is 0 Å². The molecule has 3 rings (SSSR count). The first-order valence-corrected chi connectivity index (χ1v) is 10.2. The first kappa shape index (κ1) is 21.8. The van der Waals surface area contributed by atoms with Crippen LogP contribution in [0.15, 0.2) is 70.2 Å². The summed E-state index contributed by atoms with van der Waals surface area (Å²) in [6, 6.07) is 19.4. The summed E-state index contributed by atoms with van der Waals surface area (Å²) in [5.41, 5.74) is 4.83. The molecule has 0 aliphatic rings. The van der Waals surface area contributed by atoms with E-state index in [0.717, 1.165) is 11.1 Å². The van der Waals surface area contributed by atoms with Crippen LogP contribution in [-0.2, 0) is 6.61 Å². The molecule has 0 spiro atoms. The molecule has 3 aromatic rings. The molecule has 0 fully saturated rings. The van der Waals surface area contributed by atoms with E-state index in [2.05, 4.69) is 32.5 Å². The Labute approximate surface area is 192 Å². The minimum absolute atomic E-state index is 0.248. The molecule has 1 N–H and O–H groups in total. The predicted octanol–water partition coefficient (Wildman–Crippen LogP) is 5.97. The minimum atomic E-state index is -0.442. The maximum absolute atomic E-state index is 12.2. The van der Waals surface area contributed by atoms with Crippen molar-refractivity contribution >= 4 is 51.3 Å². The molecule has 8 heteroatoms. The van der Waals surface area contributed by atoms with E-state index in [1.165, 1.54) is 18.3 Å². The number of benzene rings is 3.